The third-order valence-corrected chi connectivity index (χ3v) is 6.73. The molecule has 3 heterocycles. The Morgan fingerprint density at radius 1 is 1.16 bits per heavy atom. The van der Waals surface area contributed by atoms with Gasteiger partial charge in [0.25, 0.3) is 0 Å². The monoisotopic (exact) mass is 435 g/mol. The van der Waals surface area contributed by atoms with Crippen LogP contribution in [0, 0.1) is 18.3 Å². The van der Waals surface area contributed by atoms with Gasteiger partial charge in [-0.15, -0.1) is 0 Å². The van der Waals surface area contributed by atoms with Gasteiger partial charge in [-0.2, -0.15) is 0 Å². The number of aliphatic carboxylic acids is 1. The van der Waals surface area contributed by atoms with Gasteiger partial charge in [0, 0.05) is 36.1 Å². The number of pyridine rings is 2. The van der Waals surface area contributed by atoms with Crippen molar-refractivity contribution in [3.63, 3.8) is 0 Å². The van der Waals surface area contributed by atoms with Gasteiger partial charge in [-0.1, -0.05) is 26.0 Å². The van der Waals surface area contributed by atoms with Crippen molar-refractivity contribution in [2.45, 2.75) is 52.9 Å². The summed E-state index contributed by atoms with van der Waals surface area (Å²) in [5.74, 6) is 0.459. The Bertz CT molecular complexity index is 980. The van der Waals surface area contributed by atoms with Crippen LogP contribution in [0.25, 0.3) is 11.3 Å². The van der Waals surface area contributed by atoms with Crippen LogP contribution in [-0.2, 0) is 11.2 Å². The predicted octanol–water partition coefficient (Wildman–Crippen LogP) is 5.05. The lowest BCUT2D eigenvalue weighted by Crippen LogP contribution is -2.38. The van der Waals surface area contributed by atoms with E-state index in [-0.39, 0.29) is 6.42 Å². The van der Waals surface area contributed by atoms with Crippen LogP contribution in [0.5, 0.6) is 5.75 Å². The summed E-state index contributed by atoms with van der Waals surface area (Å²) in [5.41, 5.74) is 4.50. The number of rotatable bonds is 7. The first-order valence-corrected chi connectivity index (χ1v) is 11.5. The minimum absolute atomic E-state index is 0.0431. The van der Waals surface area contributed by atoms with Crippen molar-refractivity contribution >= 4 is 11.7 Å². The van der Waals surface area contributed by atoms with E-state index in [0.717, 1.165) is 72.7 Å². The van der Waals surface area contributed by atoms with Crippen molar-refractivity contribution in [2.75, 3.05) is 24.6 Å². The number of allylic oxidation sites excluding steroid dienone is 2. The number of aryl methyl sites for hydroxylation is 1. The molecule has 0 spiro atoms. The molecule has 0 bridgehead atoms. The van der Waals surface area contributed by atoms with Crippen LogP contribution in [-0.4, -0.2) is 40.7 Å². The number of hydrogen-bond donors (Lipinski definition) is 1. The summed E-state index contributed by atoms with van der Waals surface area (Å²) in [5, 5.41) is 9.56. The van der Waals surface area contributed by atoms with Crippen molar-refractivity contribution in [3.8, 4) is 17.0 Å². The van der Waals surface area contributed by atoms with E-state index in [1.165, 1.54) is 0 Å². The van der Waals surface area contributed by atoms with E-state index in [1.807, 2.05) is 25.3 Å². The van der Waals surface area contributed by atoms with Crippen LogP contribution < -0.4 is 9.64 Å². The lowest BCUT2D eigenvalue weighted by Gasteiger charge is -2.40. The van der Waals surface area contributed by atoms with E-state index in [2.05, 4.69) is 40.9 Å². The maximum Gasteiger partial charge on any atom is 0.307 e. The first-order chi connectivity index (χ1) is 15.3. The Balaban J connectivity index is 1.63. The van der Waals surface area contributed by atoms with Gasteiger partial charge in [0.15, 0.2) is 0 Å². The summed E-state index contributed by atoms with van der Waals surface area (Å²) in [4.78, 5) is 23.2. The van der Waals surface area contributed by atoms with E-state index in [1.54, 1.807) is 6.20 Å². The molecule has 2 aromatic rings. The molecule has 6 heteroatoms. The molecule has 1 fully saturated rings. The number of hydrogen-bond acceptors (Lipinski definition) is 5. The molecule has 4 rings (SSSR count). The molecule has 0 radical (unpaired) electrons. The lowest BCUT2D eigenvalue weighted by atomic mass is 9.82. The molecule has 1 N–H and O–H groups in total. The number of ether oxygens (including phenoxy) is 1. The highest BCUT2D eigenvalue weighted by Gasteiger charge is 2.29. The molecule has 32 heavy (non-hydrogen) atoms. The molecule has 0 saturated carbocycles. The highest BCUT2D eigenvalue weighted by atomic mass is 16.5. The molecule has 1 aliphatic carbocycles. The fourth-order valence-corrected chi connectivity index (χ4v) is 4.53. The molecule has 0 atom stereocenters. The van der Waals surface area contributed by atoms with Gasteiger partial charge in [0.1, 0.15) is 5.75 Å². The first kappa shape index (κ1) is 22.3. The van der Waals surface area contributed by atoms with Crippen molar-refractivity contribution in [1.29, 1.82) is 0 Å². The largest absolute Gasteiger partial charge is 0.492 e. The summed E-state index contributed by atoms with van der Waals surface area (Å²) in [6.45, 7) is 8.96. The number of carbonyl (C=O) groups is 1. The van der Waals surface area contributed by atoms with Gasteiger partial charge in [-0.25, -0.2) is 0 Å². The lowest BCUT2D eigenvalue weighted by molar-refractivity contribution is -0.136. The molecule has 1 saturated heterocycles. The molecule has 2 aromatic heterocycles. The van der Waals surface area contributed by atoms with Crippen molar-refractivity contribution in [2.24, 2.45) is 11.3 Å². The van der Waals surface area contributed by atoms with Crippen molar-refractivity contribution in [1.82, 2.24) is 9.97 Å². The highest BCUT2D eigenvalue weighted by Crippen LogP contribution is 2.39. The second kappa shape index (κ2) is 9.31. The van der Waals surface area contributed by atoms with Crippen LogP contribution in [0.15, 0.2) is 36.7 Å². The minimum Gasteiger partial charge on any atom is -0.492 e. The molecule has 6 nitrogen and oxygen atoms in total. The summed E-state index contributed by atoms with van der Waals surface area (Å²) in [6.07, 6.45) is 12.2. The third kappa shape index (κ3) is 5.12. The first-order valence-electron chi connectivity index (χ1n) is 11.5. The fourth-order valence-electron chi connectivity index (χ4n) is 4.53. The SMILES string of the molecule is Cc1ncc(-c2ccc(OCC3CC=CC3)cn2)c(N2CCC(C)(C)CC2)c1CC(=O)O. The maximum absolute atomic E-state index is 11.6. The molecule has 1 aliphatic heterocycles. The van der Waals surface area contributed by atoms with E-state index in [0.29, 0.717) is 17.9 Å². The van der Waals surface area contributed by atoms with Gasteiger partial charge in [0.05, 0.1) is 30.6 Å². The van der Waals surface area contributed by atoms with Crippen molar-refractivity contribution < 1.29 is 14.6 Å². The van der Waals surface area contributed by atoms with Crippen molar-refractivity contribution in [3.05, 3.63) is 47.9 Å². The summed E-state index contributed by atoms with van der Waals surface area (Å²) in [7, 11) is 0. The number of piperidine rings is 1. The second-order valence-corrected chi connectivity index (χ2v) is 9.81. The van der Waals surface area contributed by atoms with Gasteiger partial charge in [0.2, 0.25) is 0 Å². The van der Waals surface area contributed by atoms with Crippen LogP contribution in [0.3, 0.4) is 0 Å². The van der Waals surface area contributed by atoms with E-state index >= 15 is 0 Å². The molecule has 170 valence electrons. The minimum atomic E-state index is -0.844. The second-order valence-electron chi connectivity index (χ2n) is 9.81. The van der Waals surface area contributed by atoms with Gasteiger partial charge in [-0.3, -0.25) is 14.8 Å². The maximum atomic E-state index is 11.6. The van der Waals surface area contributed by atoms with Crippen LogP contribution >= 0.6 is 0 Å². The predicted molar refractivity (Wildman–Crippen MR) is 126 cm³/mol. The molecule has 0 amide bonds. The number of anilines is 1. The molecule has 0 unspecified atom stereocenters. The highest BCUT2D eigenvalue weighted by molar-refractivity contribution is 5.83. The van der Waals surface area contributed by atoms with E-state index < -0.39 is 5.97 Å². The van der Waals surface area contributed by atoms with Gasteiger partial charge >= 0.3 is 5.97 Å². The smallest absolute Gasteiger partial charge is 0.307 e. The van der Waals surface area contributed by atoms with Crippen LogP contribution in [0.2, 0.25) is 0 Å². The molecule has 0 aromatic carbocycles. The van der Waals surface area contributed by atoms with Crippen LogP contribution in [0.1, 0.15) is 50.8 Å². The zero-order valence-corrected chi connectivity index (χ0v) is 19.3. The Morgan fingerprint density at radius 3 is 2.50 bits per heavy atom. The number of carboxylic acid groups (broad SMARTS) is 1. The summed E-state index contributed by atoms with van der Waals surface area (Å²) >= 11 is 0. The zero-order valence-electron chi connectivity index (χ0n) is 19.3. The Labute approximate surface area is 190 Å². The normalized spacial score (nSPS) is 18.2. The van der Waals surface area contributed by atoms with Gasteiger partial charge < -0.3 is 14.7 Å². The molecule has 2 aliphatic rings. The van der Waals surface area contributed by atoms with Gasteiger partial charge in [-0.05, 0) is 56.1 Å². The topological polar surface area (TPSA) is 75.6 Å². The Kier molecular flexibility index (Phi) is 6.49. The van der Waals surface area contributed by atoms with Crippen LogP contribution in [0.4, 0.5) is 5.69 Å². The standard InChI is InChI=1S/C26H33N3O3/c1-18-21(14-24(30)31)25(29-12-10-26(2,3)11-13-29)22(16-27-18)23-9-8-20(15-28-23)32-17-19-6-4-5-7-19/h4-5,8-9,15-16,19H,6-7,10-14,17H2,1-3H3,(H,30,31). The summed E-state index contributed by atoms with van der Waals surface area (Å²) in [6, 6.07) is 3.90. The number of carboxylic acids is 1. The average molecular weight is 436 g/mol. The number of aromatic nitrogens is 2. The quantitative estimate of drug-likeness (QED) is 0.614. The molecular weight excluding hydrogens is 402 g/mol. The Morgan fingerprint density at radius 2 is 1.88 bits per heavy atom. The summed E-state index contributed by atoms with van der Waals surface area (Å²) < 4.78 is 5.94. The zero-order chi connectivity index (χ0) is 22.7. The molecular formula is C26H33N3O3. The fraction of sp³-hybridized carbons (Fsp3) is 0.500. The average Bonchev–Trinajstić information content (AvgIpc) is 3.28. The third-order valence-electron chi connectivity index (χ3n) is 6.73. The van der Waals surface area contributed by atoms with E-state index in [4.69, 9.17) is 4.74 Å². The Hall–Kier alpha value is -2.89. The number of nitrogens with zero attached hydrogens (tertiary/aromatic N) is 3. The van der Waals surface area contributed by atoms with E-state index in [9.17, 15) is 9.90 Å².